The second-order valence-corrected chi connectivity index (χ2v) is 1.84. The van der Waals surface area contributed by atoms with E-state index in [9.17, 15) is 4.79 Å². The van der Waals surface area contributed by atoms with Gasteiger partial charge in [0, 0.05) is 24.2 Å². The van der Waals surface area contributed by atoms with Crippen LogP contribution in [0.5, 0.6) is 0 Å². The van der Waals surface area contributed by atoms with Crippen molar-refractivity contribution in [2.75, 3.05) is 0 Å². The van der Waals surface area contributed by atoms with Crippen molar-refractivity contribution in [3.63, 3.8) is 0 Å². The van der Waals surface area contributed by atoms with E-state index >= 15 is 0 Å². The summed E-state index contributed by atoms with van der Waals surface area (Å²) in [5.41, 5.74) is 3.25. The average molecular weight is 133 g/mol. The molecule has 0 bridgehead atoms. The molecule has 0 aromatic carbocycles. The van der Waals surface area contributed by atoms with Crippen molar-refractivity contribution < 1.29 is 4.79 Å². The largest absolute Gasteiger partial charge is 0.323 e. The van der Waals surface area contributed by atoms with Gasteiger partial charge in [0.05, 0.1) is 0 Å². The maximum Gasteiger partial charge on any atom is 0.151 e. The Morgan fingerprint density at radius 1 is 1.70 bits per heavy atom. The lowest BCUT2D eigenvalue weighted by molar-refractivity contribution is 0.112. The summed E-state index contributed by atoms with van der Waals surface area (Å²) in [7, 11) is 0. The van der Waals surface area contributed by atoms with E-state index in [-0.39, 0.29) is 0 Å². The first kappa shape index (κ1) is 6.59. The summed E-state index contributed by atoms with van der Waals surface area (Å²) in [4.78, 5) is 10.2. The van der Waals surface area contributed by atoms with Gasteiger partial charge in [0.15, 0.2) is 6.29 Å². The van der Waals surface area contributed by atoms with E-state index in [0.717, 1.165) is 6.29 Å². The third-order valence-corrected chi connectivity index (χ3v) is 1.11. The zero-order valence-corrected chi connectivity index (χ0v) is 5.45. The van der Waals surface area contributed by atoms with Crippen LogP contribution in [0.4, 0.5) is 0 Å². The summed E-state index contributed by atoms with van der Waals surface area (Å²) in [5.74, 6) is 0. The first-order valence-electron chi connectivity index (χ1n) is 2.85. The van der Waals surface area contributed by atoms with Crippen molar-refractivity contribution in [3.05, 3.63) is 36.3 Å². The molecule has 0 N–H and O–H groups in total. The molecule has 0 saturated heterocycles. The number of hydrogen-bond acceptors (Lipinski definition) is 1. The Balaban J connectivity index is 2.98. The Kier molecular flexibility index (Phi) is 1.88. The first-order valence-corrected chi connectivity index (χ1v) is 2.85. The number of aromatic nitrogens is 1. The van der Waals surface area contributed by atoms with Gasteiger partial charge in [-0.2, -0.15) is 0 Å². The molecule has 0 aliphatic heterocycles. The van der Waals surface area contributed by atoms with Crippen LogP contribution in [0, 0.1) is 0 Å². The quantitative estimate of drug-likeness (QED) is 0.443. The number of carbonyl (C=O) groups excluding carboxylic acids is 1. The SMILES string of the molecule is C=C=Cn1ccc(C=O)c1. The molecule has 0 aliphatic carbocycles. The Morgan fingerprint density at radius 2 is 2.50 bits per heavy atom. The highest BCUT2D eigenvalue weighted by molar-refractivity contribution is 5.74. The number of rotatable bonds is 2. The van der Waals surface area contributed by atoms with E-state index in [1.165, 1.54) is 0 Å². The van der Waals surface area contributed by atoms with Crippen molar-refractivity contribution in [2.45, 2.75) is 0 Å². The molecule has 0 saturated carbocycles. The smallest absolute Gasteiger partial charge is 0.151 e. The third kappa shape index (κ3) is 1.24. The van der Waals surface area contributed by atoms with Crippen molar-refractivity contribution in [2.24, 2.45) is 0 Å². The molecule has 1 rings (SSSR count). The molecule has 1 aromatic rings. The molecule has 0 spiro atoms. The Morgan fingerprint density at radius 3 is 3.00 bits per heavy atom. The van der Waals surface area contributed by atoms with Crippen LogP contribution in [0.3, 0.4) is 0 Å². The third-order valence-electron chi connectivity index (χ3n) is 1.11. The predicted molar refractivity (Wildman–Crippen MR) is 39.7 cm³/mol. The highest BCUT2D eigenvalue weighted by atomic mass is 16.1. The zero-order valence-electron chi connectivity index (χ0n) is 5.45. The van der Waals surface area contributed by atoms with Gasteiger partial charge in [-0.3, -0.25) is 4.79 Å². The number of hydrogen-bond donors (Lipinski definition) is 0. The van der Waals surface area contributed by atoms with Gasteiger partial charge in [-0.15, -0.1) is 5.73 Å². The average Bonchev–Trinajstić information content (AvgIpc) is 2.37. The lowest BCUT2D eigenvalue weighted by Gasteiger charge is -1.84. The minimum atomic E-state index is 0.659. The second-order valence-electron chi connectivity index (χ2n) is 1.84. The molecule has 0 fully saturated rings. The van der Waals surface area contributed by atoms with Gasteiger partial charge in [-0.1, -0.05) is 6.58 Å². The number of nitrogens with zero attached hydrogens (tertiary/aromatic N) is 1. The van der Waals surface area contributed by atoms with Crippen LogP contribution < -0.4 is 0 Å². The van der Waals surface area contributed by atoms with Gasteiger partial charge < -0.3 is 4.57 Å². The molecule has 0 aliphatic rings. The summed E-state index contributed by atoms with van der Waals surface area (Å²) >= 11 is 0. The van der Waals surface area contributed by atoms with Gasteiger partial charge in [-0.25, -0.2) is 0 Å². The van der Waals surface area contributed by atoms with Gasteiger partial charge in [-0.05, 0) is 6.07 Å². The van der Waals surface area contributed by atoms with Crippen LogP contribution in [-0.2, 0) is 0 Å². The van der Waals surface area contributed by atoms with Crippen molar-refractivity contribution in [3.8, 4) is 0 Å². The minimum Gasteiger partial charge on any atom is -0.323 e. The predicted octanol–water partition coefficient (Wildman–Crippen LogP) is 1.56. The van der Waals surface area contributed by atoms with Crippen LogP contribution in [0.15, 0.2) is 30.8 Å². The molecule has 1 heterocycles. The van der Waals surface area contributed by atoms with E-state index in [2.05, 4.69) is 12.3 Å². The fourth-order valence-electron chi connectivity index (χ4n) is 0.686. The van der Waals surface area contributed by atoms with E-state index in [0.29, 0.717) is 5.56 Å². The van der Waals surface area contributed by atoms with Crippen LogP contribution in [0.1, 0.15) is 10.4 Å². The van der Waals surface area contributed by atoms with Gasteiger partial charge in [0.25, 0.3) is 0 Å². The molecule has 2 nitrogen and oxygen atoms in total. The summed E-state index contributed by atoms with van der Waals surface area (Å²) in [6.45, 7) is 3.40. The fraction of sp³-hybridized carbons (Fsp3) is 0. The van der Waals surface area contributed by atoms with Crippen LogP contribution >= 0.6 is 0 Å². The second kappa shape index (κ2) is 2.85. The Bertz CT molecular complexity index is 279. The highest BCUT2D eigenvalue weighted by Gasteiger charge is 1.88. The van der Waals surface area contributed by atoms with Crippen molar-refractivity contribution in [1.82, 2.24) is 4.57 Å². The molecule has 0 amide bonds. The van der Waals surface area contributed by atoms with Gasteiger partial charge in [0.2, 0.25) is 0 Å². The highest BCUT2D eigenvalue weighted by Crippen LogP contribution is 1.96. The molecule has 0 unspecified atom stereocenters. The van der Waals surface area contributed by atoms with E-state index in [1.807, 2.05) is 0 Å². The molecule has 10 heavy (non-hydrogen) atoms. The van der Waals surface area contributed by atoms with Gasteiger partial charge >= 0.3 is 0 Å². The van der Waals surface area contributed by atoms with E-state index < -0.39 is 0 Å². The van der Waals surface area contributed by atoms with E-state index in [4.69, 9.17) is 0 Å². The van der Waals surface area contributed by atoms with Gasteiger partial charge in [0.1, 0.15) is 0 Å². The zero-order chi connectivity index (χ0) is 7.40. The fourth-order valence-corrected chi connectivity index (χ4v) is 0.686. The maximum atomic E-state index is 10.2. The molecular formula is C8H7NO. The van der Waals surface area contributed by atoms with E-state index in [1.54, 1.807) is 29.2 Å². The summed E-state index contributed by atoms with van der Waals surface area (Å²) < 4.78 is 1.72. The summed E-state index contributed by atoms with van der Waals surface area (Å²) in [6.07, 6.45) is 5.91. The molecular weight excluding hydrogens is 126 g/mol. The maximum absolute atomic E-state index is 10.2. The normalized spacial score (nSPS) is 8.40. The number of aldehydes is 1. The van der Waals surface area contributed by atoms with Crippen molar-refractivity contribution >= 4 is 12.5 Å². The summed E-state index contributed by atoms with van der Waals surface area (Å²) in [5, 5.41) is 0. The van der Waals surface area contributed by atoms with Crippen LogP contribution in [0.25, 0.3) is 6.20 Å². The Hall–Kier alpha value is -1.53. The lowest BCUT2D eigenvalue weighted by Crippen LogP contribution is -1.76. The standard InChI is InChI=1S/C8H7NO/c1-2-4-9-5-3-8(6-9)7-10/h3-7H,1H2. The van der Waals surface area contributed by atoms with Crippen molar-refractivity contribution in [1.29, 1.82) is 0 Å². The molecule has 2 heteroatoms. The van der Waals surface area contributed by atoms with Crippen LogP contribution in [0.2, 0.25) is 0 Å². The molecule has 50 valence electrons. The molecule has 0 radical (unpaired) electrons. The molecule has 0 atom stereocenters. The first-order chi connectivity index (χ1) is 4.86. The molecule has 1 aromatic heterocycles. The summed E-state index contributed by atoms with van der Waals surface area (Å²) in [6, 6.07) is 1.72. The number of carbonyl (C=O) groups is 1. The topological polar surface area (TPSA) is 22.0 Å². The van der Waals surface area contributed by atoms with Crippen LogP contribution in [-0.4, -0.2) is 10.9 Å². The lowest BCUT2D eigenvalue weighted by atomic mass is 10.4. The minimum absolute atomic E-state index is 0.659. The monoisotopic (exact) mass is 133 g/mol. The Labute approximate surface area is 59.1 Å².